The molecule has 14 heteroatoms. The topological polar surface area (TPSA) is 142 Å². The monoisotopic (exact) mass is 748 g/mol. The molecule has 0 bridgehead atoms. The van der Waals surface area contributed by atoms with E-state index in [2.05, 4.69) is 42.7 Å². The van der Waals surface area contributed by atoms with Crippen molar-refractivity contribution in [3.63, 3.8) is 0 Å². The molecule has 2 aromatic carbocycles. The molecule has 0 spiro atoms. The van der Waals surface area contributed by atoms with E-state index in [1.54, 1.807) is 18.2 Å². The number of carbonyl (C=O) groups excluding carboxylic acids is 4. The van der Waals surface area contributed by atoms with Crippen LogP contribution in [0.3, 0.4) is 0 Å². The molecule has 1 N–H and O–H groups in total. The number of carbonyl (C=O) groups is 4. The number of nitrogens with one attached hydrogen (secondary N) is 1. The molecule has 14 nitrogen and oxygen atoms in total. The predicted octanol–water partition coefficient (Wildman–Crippen LogP) is 3.67. The Morgan fingerprint density at radius 2 is 1.58 bits per heavy atom. The molecule has 4 amide bonds. The van der Waals surface area contributed by atoms with Crippen molar-refractivity contribution in [2.24, 2.45) is 0 Å². The standard InChI is InChI=1S/C41H48N8O6/c50-37-11-10-35(38(51)44-37)49-39(52)31-9-8-29(24-32(31)40(49)53)54-23-5-1-4-17-45-18-14-28(15-19-45)55-30-25-47(26-30)27-12-20-46(21-13-27)36-16-22-48-34-7-3-2-6-33(34)42-41(48)43-36/h2-3,6-9,16,22,24,27-28,30,35H,1,4-5,10-15,17-21,23,25-26H2,(H,44,50,51). The molecule has 7 heterocycles. The van der Waals surface area contributed by atoms with Gasteiger partial charge in [0.2, 0.25) is 17.6 Å². The summed E-state index contributed by atoms with van der Waals surface area (Å²) >= 11 is 0. The van der Waals surface area contributed by atoms with Crippen LogP contribution in [0.1, 0.15) is 78.5 Å². The quantitative estimate of drug-likeness (QED) is 0.168. The third-order valence-electron chi connectivity index (χ3n) is 12.1. The highest BCUT2D eigenvalue weighted by Crippen LogP contribution is 2.31. The minimum absolute atomic E-state index is 0.0930. The Morgan fingerprint density at radius 3 is 2.40 bits per heavy atom. The number of ether oxygens (including phenoxy) is 2. The van der Waals surface area contributed by atoms with Crippen LogP contribution in [0.25, 0.3) is 16.8 Å². The van der Waals surface area contributed by atoms with Crippen LogP contribution in [0.2, 0.25) is 0 Å². The van der Waals surface area contributed by atoms with Gasteiger partial charge in [-0.15, -0.1) is 0 Å². The van der Waals surface area contributed by atoms with Crippen molar-refractivity contribution in [2.75, 3.05) is 57.3 Å². The van der Waals surface area contributed by atoms with Crippen LogP contribution in [0.15, 0.2) is 54.7 Å². The van der Waals surface area contributed by atoms with Crippen LogP contribution >= 0.6 is 0 Å². The van der Waals surface area contributed by atoms with Gasteiger partial charge >= 0.3 is 0 Å². The fraction of sp³-hybridized carbons (Fsp3) is 0.512. The Morgan fingerprint density at radius 1 is 0.782 bits per heavy atom. The number of benzene rings is 2. The first-order valence-electron chi connectivity index (χ1n) is 20.0. The molecule has 5 aliphatic heterocycles. The van der Waals surface area contributed by atoms with Crippen molar-refractivity contribution >= 4 is 46.3 Å². The fourth-order valence-electron chi connectivity index (χ4n) is 8.91. The molecule has 5 aliphatic rings. The lowest BCUT2D eigenvalue weighted by molar-refractivity contribution is -0.136. The lowest BCUT2D eigenvalue weighted by Crippen LogP contribution is -2.59. The van der Waals surface area contributed by atoms with Crippen LogP contribution < -0.4 is 15.0 Å². The van der Waals surface area contributed by atoms with Crippen LogP contribution in [-0.2, 0) is 14.3 Å². The SMILES string of the molecule is O=C1CCC(N2C(=O)c3ccc(OCCCCCN4CCC(OC5CN(C6CCN(c7ccn8c(n7)nc7ccccc78)CC6)C5)CC4)cc3C2=O)C(=O)N1. The average molecular weight is 749 g/mol. The lowest BCUT2D eigenvalue weighted by atomic mass is 9.98. The van der Waals surface area contributed by atoms with Crippen LogP contribution in [0.4, 0.5) is 5.82 Å². The minimum atomic E-state index is -0.974. The summed E-state index contributed by atoms with van der Waals surface area (Å²) in [5.74, 6) is 0.259. The molecular formula is C41H48N8O6. The van der Waals surface area contributed by atoms with Crippen molar-refractivity contribution in [1.29, 1.82) is 0 Å². The molecule has 9 rings (SSSR count). The van der Waals surface area contributed by atoms with E-state index in [0.717, 1.165) is 118 Å². The summed E-state index contributed by atoms with van der Waals surface area (Å²) in [6.45, 7) is 7.83. The molecule has 288 valence electrons. The summed E-state index contributed by atoms with van der Waals surface area (Å²) in [5.41, 5.74) is 2.55. The van der Waals surface area contributed by atoms with E-state index in [9.17, 15) is 19.2 Å². The second kappa shape index (κ2) is 15.3. The largest absolute Gasteiger partial charge is 0.494 e. The minimum Gasteiger partial charge on any atom is -0.494 e. The zero-order valence-electron chi connectivity index (χ0n) is 31.1. The highest BCUT2D eigenvalue weighted by Gasteiger charge is 2.45. The number of aromatic nitrogens is 3. The molecule has 4 saturated heterocycles. The number of imide groups is 2. The van der Waals surface area contributed by atoms with Gasteiger partial charge in [-0.1, -0.05) is 12.1 Å². The summed E-state index contributed by atoms with van der Waals surface area (Å²) in [4.78, 5) is 68.0. The average Bonchev–Trinajstić information content (AvgIpc) is 3.68. The van der Waals surface area contributed by atoms with Gasteiger partial charge in [-0.25, -0.2) is 4.98 Å². The van der Waals surface area contributed by atoms with E-state index in [0.29, 0.717) is 30.6 Å². The number of nitrogens with zero attached hydrogens (tertiary/aromatic N) is 7. The number of fused-ring (bicyclic) bond motifs is 4. The Kier molecular flexibility index (Phi) is 9.96. The van der Waals surface area contributed by atoms with Crippen LogP contribution in [-0.4, -0.2) is 129 Å². The normalized spacial score (nSPS) is 22.1. The van der Waals surface area contributed by atoms with Crippen LogP contribution in [0, 0.1) is 0 Å². The number of para-hydroxylation sites is 2. The summed E-state index contributed by atoms with van der Waals surface area (Å²) in [6, 6.07) is 14.8. The Bertz CT molecular complexity index is 2100. The molecule has 4 aromatic rings. The van der Waals surface area contributed by atoms with Gasteiger partial charge in [0.1, 0.15) is 17.6 Å². The van der Waals surface area contributed by atoms with Gasteiger partial charge in [-0.2, -0.15) is 4.98 Å². The maximum atomic E-state index is 13.1. The van der Waals surface area contributed by atoms with E-state index in [4.69, 9.17) is 19.4 Å². The maximum absolute atomic E-state index is 13.1. The summed E-state index contributed by atoms with van der Waals surface area (Å²) in [5, 5.41) is 2.22. The summed E-state index contributed by atoms with van der Waals surface area (Å²) in [7, 11) is 0. The molecule has 1 unspecified atom stereocenters. The molecule has 0 aliphatic carbocycles. The van der Waals surface area contributed by atoms with Gasteiger partial charge in [-0.3, -0.25) is 38.7 Å². The van der Waals surface area contributed by atoms with Crippen molar-refractivity contribution < 1.29 is 28.7 Å². The summed E-state index contributed by atoms with van der Waals surface area (Å²) in [6.07, 6.45) is 10.5. The lowest BCUT2D eigenvalue weighted by Gasteiger charge is -2.48. The fourth-order valence-corrected chi connectivity index (χ4v) is 8.91. The molecule has 0 radical (unpaired) electrons. The van der Waals surface area contributed by atoms with Crippen molar-refractivity contribution in [3.05, 3.63) is 65.9 Å². The first kappa shape index (κ1) is 35.8. The second-order valence-electron chi connectivity index (χ2n) is 15.6. The van der Waals surface area contributed by atoms with Crippen molar-refractivity contribution in [1.82, 2.24) is 34.4 Å². The Labute approximate surface area is 319 Å². The van der Waals surface area contributed by atoms with Gasteiger partial charge in [0, 0.05) is 57.9 Å². The summed E-state index contributed by atoms with van der Waals surface area (Å²) < 4.78 is 14.5. The number of imidazole rings is 1. The van der Waals surface area contributed by atoms with Crippen molar-refractivity contribution in [2.45, 2.75) is 82.1 Å². The zero-order valence-corrected chi connectivity index (χ0v) is 31.1. The number of hydrogen-bond donors (Lipinski definition) is 1. The number of amides is 4. The third kappa shape index (κ3) is 7.30. The molecule has 4 fully saturated rings. The van der Waals surface area contributed by atoms with E-state index in [-0.39, 0.29) is 24.0 Å². The first-order chi connectivity index (χ1) is 26.9. The Hall–Kier alpha value is -4.92. The van der Waals surface area contributed by atoms with E-state index >= 15 is 0 Å². The van der Waals surface area contributed by atoms with Crippen molar-refractivity contribution in [3.8, 4) is 5.75 Å². The van der Waals surface area contributed by atoms with Crippen LogP contribution in [0.5, 0.6) is 5.75 Å². The highest BCUT2D eigenvalue weighted by atomic mass is 16.5. The Balaban J connectivity index is 0.635. The predicted molar refractivity (Wildman–Crippen MR) is 204 cm³/mol. The molecule has 1 atom stereocenters. The molecular weight excluding hydrogens is 701 g/mol. The maximum Gasteiger partial charge on any atom is 0.262 e. The molecule has 2 aromatic heterocycles. The van der Waals surface area contributed by atoms with Gasteiger partial charge in [0.05, 0.1) is 41.0 Å². The van der Waals surface area contributed by atoms with Gasteiger partial charge in [-0.05, 0) is 94.3 Å². The van der Waals surface area contributed by atoms with Gasteiger partial charge in [0.25, 0.3) is 11.8 Å². The van der Waals surface area contributed by atoms with Gasteiger partial charge < -0.3 is 19.3 Å². The zero-order chi connectivity index (χ0) is 37.5. The van der Waals surface area contributed by atoms with Gasteiger partial charge in [0.15, 0.2) is 0 Å². The van der Waals surface area contributed by atoms with E-state index < -0.39 is 29.7 Å². The number of likely N-dealkylation sites (tertiary alicyclic amines) is 2. The third-order valence-corrected chi connectivity index (χ3v) is 12.1. The number of piperidine rings is 3. The first-order valence-corrected chi connectivity index (χ1v) is 20.0. The number of rotatable bonds is 12. The number of anilines is 1. The number of hydrogen-bond acceptors (Lipinski definition) is 11. The smallest absolute Gasteiger partial charge is 0.262 e. The van der Waals surface area contributed by atoms with E-state index in [1.165, 1.54) is 0 Å². The van der Waals surface area contributed by atoms with E-state index in [1.807, 2.05) is 18.2 Å². The highest BCUT2D eigenvalue weighted by molar-refractivity contribution is 6.23. The second-order valence-corrected chi connectivity index (χ2v) is 15.6. The number of unbranched alkanes of at least 4 members (excludes halogenated alkanes) is 2. The molecule has 55 heavy (non-hydrogen) atoms. The molecule has 0 saturated carbocycles.